The predicted octanol–water partition coefficient (Wildman–Crippen LogP) is 1.33. The van der Waals surface area contributed by atoms with Crippen molar-refractivity contribution >= 4 is 21.1 Å². The van der Waals surface area contributed by atoms with Gasteiger partial charge in [0.1, 0.15) is 0 Å². The molecule has 2 heterocycles. The number of rotatable bonds is 4. The first-order valence-electron chi connectivity index (χ1n) is 8.43. The first-order valence-corrected chi connectivity index (χ1v) is 9.87. The Morgan fingerprint density at radius 3 is 2.77 bits per heavy atom. The third kappa shape index (κ3) is 3.18. The Hall–Kier alpha value is -2.42. The van der Waals surface area contributed by atoms with Crippen LogP contribution in [0.2, 0.25) is 0 Å². The number of sulfonamides is 1. The van der Waals surface area contributed by atoms with Crippen molar-refractivity contribution in [3.8, 4) is 0 Å². The number of hydrogen-bond donors (Lipinski definition) is 2. The summed E-state index contributed by atoms with van der Waals surface area (Å²) in [5.74, 6) is -0.598. The molecule has 1 fully saturated rings. The maximum Gasteiger partial charge on any atom is 0.417 e. The van der Waals surface area contributed by atoms with Crippen LogP contribution in [0, 0.1) is 0 Å². The lowest BCUT2D eigenvalue weighted by atomic mass is 10.1. The summed E-state index contributed by atoms with van der Waals surface area (Å²) in [4.78, 5) is 14.0. The molecule has 1 aliphatic rings. The average molecular weight is 373 g/mol. The summed E-state index contributed by atoms with van der Waals surface area (Å²) in [6.45, 7) is 1.59. The second-order valence-corrected chi connectivity index (χ2v) is 8.23. The Bertz CT molecular complexity index is 1070. The van der Waals surface area contributed by atoms with Crippen molar-refractivity contribution in [2.45, 2.75) is 17.4 Å². The van der Waals surface area contributed by atoms with E-state index in [-0.39, 0.29) is 16.5 Å². The second kappa shape index (κ2) is 6.71. The van der Waals surface area contributed by atoms with Gasteiger partial charge in [0.15, 0.2) is 5.58 Å². The van der Waals surface area contributed by atoms with Crippen molar-refractivity contribution in [2.24, 2.45) is 0 Å². The number of benzene rings is 2. The number of nitrogens with zero attached hydrogens (tertiary/aromatic N) is 1. The first-order chi connectivity index (χ1) is 12.5. The van der Waals surface area contributed by atoms with Crippen LogP contribution in [0.25, 0.3) is 11.1 Å². The van der Waals surface area contributed by atoms with Crippen LogP contribution < -0.4 is 11.1 Å². The van der Waals surface area contributed by atoms with Crippen LogP contribution in [-0.2, 0) is 16.4 Å². The number of H-pyrrole nitrogens is 1. The van der Waals surface area contributed by atoms with Crippen molar-refractivity contribution in [3.63, 3.8) is 0 Å². The molecular formula is C18H19N3O4S. The zero-order chi connectivity index (χ0) is 18.1. The summed E-state index contributed by atoms with van der Waals surface area (Å²) in [5, 5.41) is 3.27. The van der Waals surface area contributed by atoms with Crippen molar-refractivity contribution in [3.05, 3.63) is 64.6 Å². The molecule has 1 atom stereocenters. The molecule has 0 bridgehead atoms. The highest BCUT2D eigenvalue weighted by atomic mass is 32.2. The number of hydrogen-bond acceptors (Lipinski definition) is 5. The number of piperazine rings is 1. The summed E-state index contributed by atoms with van der Waals surface area (Å²) in [6, 6.07) is 14.1. The van der Waals surface area contributed by atoms with Crippen LogP contribution in [0.15, 0.2) is 62.6 Å². The largest absolute Gasteiger partial charge is 0.417 e. The molecule has 7 nitrogen and oxygen atoms in total. The van der Waals surface area contributed by atoms with E-state index in [0.29, 0.717) is 31.6 Å². The number of oxazole rings is 1. The van der Waals surface area contributed by atoms with Gasteiger partial charge < -0.3 is 9.73 Å². The van der Waals surface area contributed by atoms with Gasteiger partial charge in [0, 0.05) is 31.7 Å². The van der Waals surface area contributed by atoms with E-state index in [2.05, 4.69) is 10.3 Å². The van der Waals surface area contributed by atoms with Gasteiger partial charge in [-0.2, -0.15) is 4.31 Å². The quantitative estimate of drug-likeness (QED) is 0.719. The number of aromatic nitrogens is 1. The normalized spacial score (nSPS) is 19.0. The molecule has 1 saturated heterocycles. The van der Waals surface area contributed by atoms with Gasteiger partial charge in [-0.1, -0.05) is 30.3 Å². The zero-order valence-corrected chi connectivity index (χ0v) is 14.8. The van der Waals surface area contributed by atoms with E-state index >= 15 is 0 Å². The van der Waals surface area contributed by atoms with Crippen LogP contribution in [0.1, 0.15) is 5.56 Å². The standard InChI is InChI=1S/C18H19N3O4S/c22-18-20-16-7-6-15(11-17(16)25-18)26(23,24)21-9-8-19-12-14(21)10-13-4-2-1-3-5-13/h1-7,11,14,19H,8-10,12H2,(H,20,22). The van der Waals surface area contributed by atoms with Gasteiger partial charge in [-0.15, -0.1) is 0 Å². The van der Waals surface area contributed by atoms with E-state index in [9.17, 15) is 13.2 Å². The molecule has 1 aliphatic heterocycles. The molecule has 1 unspecified atom stereocenters. The van der Waals surface area contributed by atoms with Crippen LogP contribution in [0.5, 0.6) is 0 Å². The lowest BCUT2D eigenvalue weighted by Gasteiger charge is -2.35. The Morgan fingerprint density at radius 2 is 1.96 bits per heavy atom. The molecular weight excluding hydrogens is 354 g/mol. The van der Waals surface area contributed by atoms with E-state index in [1.165, 1.54) is 12.1 Å². The Morgan fingerprint density at radius 1 is 1.15 bits per heavy atom. The van der Waals surface area contributed by atoms with Crippen molar-refractivity contribution in [2.75, 3.05) is 19.6 Å². The lowest BCUT2D eigenvalue weighted by Crippen LogP contribution is -2.54. The van der Waals surface area contributed by atoms with E-state index in [1.54, 1.807) is 10.4 Å². The number of nitrogens with one attached hydrogen (secondary N) is 2. The molecule has 0 aliphatic carbocycles. The first kappa shape index (κ1) is 17.0. The molecule has 136 valence electrons. The molecule has 4 rings (SSSR count). The minimum atomic E-state index is -3.70. The Kier molecular flexibility index (Phi) is 4.39. The fourth-order valence-electron chi connectivity index (χ4n) is 3.34. The van der Waals surface area contributed by atoms with E-state index in [0.717, 1.165) is 5.56 Å². The van der Waals surface area contributed by atoms with Crippen LogP contribution in [-0.4, -0.2) is 43.4 Å². The van der Waals surface area contributed by atoms with Crippen LogP contribution in [0.4, 0.5) is 0 Å². The van der Waals surface area contributed by atoms with Crippen molar-refractivity contribution < 1.29 is 12.8 Å². The Balaban J connectivity index is 1.68. The lowest BCUT2D eigenvalue weighted by molar-refractivity contribution is 0.266. The average Bonchev–Trinajstić information content (AvgIpc) is 3.02. The molecule has 0 radical (unpaired) electrons. The second-order valence-electron chi connectivity index (χ2n) is 6.34. The van der Waals surface area contributed by atoms with Gasteiger partial charge in [-0.3, -0.25) is 4.98 Å². The topological polar surface area (TPSA) is 95.4 Å². The molecule has 26 heavy (non-hydrogen) atoms. The van der Waals surface area contributed by atoms with Gasteiger partial charge in [0.2, 0.25) is 10.0 Å². The van der Waals surface area contributed by atoms with Gasteiger partial charge in [0.25, 0.3) is 0 Å². The molecule has 1 aromatic heterocycles. The summed E-state index contributed by atoms with van der Waals surface area (Å²) in [7, 11) is -3.70. The zero-order valence-electron chi connectivity index (χ0n) is 14.0. The molecule has 0 amide bonds. The molecule has 2 N–H and O–H groups in total. The van der Waals surface area contributed by atoms with E-state index in [4.69, 9.17) is 4.42 Å². The summed E-state index contributed by atoms with van der Waals surface area (Å²) in [6.07, 6.45) is 0.633. The highest BCUT2D eigenvalue weighted by Gasteiger charge is 2.33. The highest BCUT2D eigenvalue weighted by Crippen LogP contribution is 2.24. The van der Waals surface area contributed by atoms with Gasteiger partial charge in [-0.25, -0.2) is 13.2 Å². The summed E-state index contributed by atoms with van der Waals surface area (Å²) < 4.78 is 33.0. The monoisotopic (exact) mass is 373 g/mol. The van der Waals surface area contributed by atoms with E-state index in [1.807, 2.05) is 30.3 Å². The summed E-state index contributed by atoms with van der Waals surface area (Å²) in [5.41, 5.74) is 1.81. The predicted molar refractivity (Wildman–Crippen MR) is 97.5 cm³/mol. The highest BCUT2D eigenvalue weighted by molar-refractivity contribution is 7.89. The van der Waals surface area contributed by atoms with Crippen LogP contribution >= 0.6 is 0 Å². The van der Waals surface area contributed by atoms with Gasteiger partial charge in [0.05, 0.1) is 10.4 Å². The van der Waals surface area contributed by atoms with Gasteiger partial charge in [-0.05, 0) is 24.1 Å². The fourth-order valence-corrected chi connectivity index (χ4v) is 4.98. The third-order valence-corrected chi connectivity index (χ3v) is 6.56. The molecule has 0 saturated carbocycles. The smallest absolute Gasteiger partial charge is 0.408 e. The van der Waals surface area contributed by atoms with Crippen molar-refractivity contribution in [1.29, 1.82) is 0 Å². The fraction of sp³-hybridized carbons (Fsp3) is 0.278. The van der Waals surface area contributed by atoms with Crippen LogP contribution in [0.3, 0.4) is 0 Å². The van der Waals surface area contributed by atoms with Gasteiger partial charge >= 0.3 is 5.76 Å². The van der Waals surface area contributed by atoms with E-state index < -0.39 is 15.8 Å². The molecule has 2 aromatic carbocycles. The minimum Gasteiger partial charge on any atom is -0.408 e. The SMILES string of the molecule is O=c1[nH]c2ccc(S(=O)(=O)N3CCNCC3Cc3ccccc3)cc2o1. The third-order valence-electron chi connectivity index (χ3n) is 4.61. The summed E-state index contributed by atoms with van der Waals surface area (Å²) >= 11 is 0. The Labute approximate surface area is 150 Å². The van der Waals surface area contributed by atoms with Crippen molar-refractivity contribution in [1.82, 2.24) is 14.6 Å². The number of aromatic amines is 1. The minimum absolute atomic E-state index is 0.132. The molecule has 3 aromatic rings. The molecule has 8 heteroatoms. The maximum absolute atomic E-state index is 13.2. The molecule has 0 spiro atoms. The number of fused-ring (bicyclic) bond motifs is 1. The maximum atomic E-state index is 13.2.